The van der Waals surface area contributed by atoms with Gasteiger partial charge in [-0.15, -0.1) is 24.0 Å². The zero-order chi connectivity index (χ0) is 21.2. The molecule has 1 saturated heterocycles. The monoisotopic (exact) mass is 545 g/mol. The van der Waals surface area contributed by atoms with E-state index in [0.29, 0.717) is 19.6 Å². The van der Waals surface area contributed by atoms with Gasteiger partial charge in [0.1, 0.15) is 5.82 Å². The number of para-hydroxylation sites is 1. The molecule has 1 aliphatic rings. The molecule has 2 heterocycles. The summed E-state index contributed by atoms with van der Waals surface area (Å²) in [6, 6.07) is 10.1. The van der Waals surface area contributed by atoms with E-state index in [1.807, 2.05) is 44.1 Å². The first kappa shape index (κ1) is 24.6. The van der Waals surface area contributed by atoms with Crippen molar-refractivity contribution < 1.29 is 8.42 Å². The van der Waals surface area contributed by atoms with Gasteiger partial charge < -0.3 is 15.1 Å². The molecule has 1 fully saturated rings. The summed E-state index contributed by atoms with van der Waals surface area (Å²) in [7, 11) is 0.862. The number of guanidine groups is 1. The van der Waals surface area contributed by atoms with E-state index < -0.39 is 14.6 Å². The molecule has 166 valence electrons. The fourth-order valence-electron chi connectivity index (χ4n) is 3.50. The number of anilines is 1. The first-order chi connectivity index (χ1) is 13.6. The van der Waals surface area contributed by atoms with Crippen molar-refractivity contribution in [1.29, 1.82) is 0 Å². The van der Waals surface area contributed by atoms with Crippen LogP contribution in [0.25, 0.3) is 10.9 Å². The quantitative estimate of drug-likeness (QED) is 0.362. The van der Waals surface area contributed by atoms with E-state index in [2.05, 4.69) is 22.3 Å². The molecule has 1 aromatic carbocycles. The van der Waals surface area contributed by atoms with Crippen molar-refractivity contribution in [2.24, 2.45) is 4.99 Å². The minimum atomic E-state index is -3.09. The van der Waals surface area contributed by atoms with Gasteiger partial charge in [0.25, 0.3) is 0 Å². The van der Waals surface area contributed by atoms with Gasteiger partial charge in [0.2, 0.25) is 0 Å². The van der Waals surface area contributed by atoms with E-state index >= 15 is 0 Å². The lowest BCUT2D eigenvalue weighted by molar-refractivity contribution is 0.353. The molecule has 0 amide bonds. The van der Waals surface area contributed by atoms with Gasteiger partial charge >= 0.3 is 0 Å². The summed E-state index contributed by atoms with van der Waals surface area (Å²) < 4.78 is 23.9. The Balaban J connectivity index is 0.00000320. The molecule has 1 aromatic heterocycles. The smallest absolute Gasteiger partial charge is 0.194 e. The average molecular weight is 545 g/mol. The van der Waals surface area contributed by atoms with Crippen LogP contribution in [0.5, 0.6) is 0 Å². The number of aromatic nitrogens is 1. The second-order valence-corrected chi connectivity index (χ2v) is 11.0. The molecule has 3 rings (SSSR count). The van der Waals surface area contributed by atoms with Gasteiger partial charge in [-0.1, -0.05) is 18.2 Å². The van der Waals surface area contributed by atoms with Crippen LogP contribution >= 0.6 is 24.0 Å². The van der Waals surface area contributed by atoms with Crippen molar-refractivity contribution >= 4 is 56.5 Å². The molecular formula is C21H32IN5O2S. The van der Waals surface area contributed by atoms with E-state index in [1.54, 1.807) is 13.8 Å². The highest BCUT2D eigenvalue weighted by atomic mass is 127. The van der Waals surface area contributed by atoms with E-state index in [9.17, 15) is 8.42 Å². The topological polar surface area (TPSA) is 77.9 Å². The number of hydrogen-bond acceptors (Lipinski definition) is 5. The Kier molecular flexibility index (Phi) is 7.95. The maximum absolute atomic E-state index is 12.4. The number of rotatable bonds is 4. The van der Waals surface area contributed by atoms with Crippen molar-refractivity contribution in [2.75, 3.05) is 44.4 Å². The average Bonchev–Trinajstić information content (AvgIpc) is 2.67. The van der Waals surface area contributed by atoms with Gasteiger partial charge in [-0.25, -0.2) is 18.4 Å². The van der Waals surface area contributed by atoms with Crippen LogP contribution in [0.1, 0.15) is 26.3 Å². The summed E-state index contributed by atoms with van der Waals surface area (Å²) in [6.07, 6.45) is 0. The van der Waals surface area contributed by atoms with Gasteiger partial charge in [0.05, 0.1) is 22.6 Å². The number of sulfone groups is 1. The predicted octanol–water partition coefficient (Wildman–Crippen LogP) is 2.89. The van der Waals surface area contributed by atoms with Crippen molar-refractivity contribution in [3.8, 4) is 0 Å². The highest BCUT2D eigenvalue weighted by Crippen LogP contribution is 2.25. The molecule has 0 radical (unpaired) electrons. The lowest BCUT2D eigenvalue weighted by Crippen LogP contribution is -2.57. The maximum Gasteiger partial charge on any atom is 0.194 e. The van der Waals surface area contributed by atoms with Gasteiger partial charge in [0, 0.05) is 39.1 Å². The van der Waals surface area contributed by atoms with Crippen LogP contribution in [0.15, 0.2) is 35.3 Å². The largest absolute Gasteiger partial charge is 0.363 e. The van der Waals surface area contributed by atoms with Gasteiger partial charge in [0.15, 0.2) is 15.8 Å². The Morgan fingerprint density at radius 2 is 2.00 bits per heavy atom. The number of pyridine rings is 1. The number of aliphatic imine (C=N–C) groups is 1. The summed E-state index contributed by atoms with van der Waals surface area (Å²) in [5, 5.41) is 4.41. The SMILES string of the molecule is CCNC(=NCc1cc(N(C)C)nc2ccccc12)N1CCS(=O)(=O)C(C)(C)C1.I. The number of nitrogens with zero attached hydrogens (tertiary/aromatic N) is 4. The fourth-order valence-corrected chi connectivity index (χ4v) is 4.87. The molecule has 2 aromatic rings. The summed E-state index contributed by atoms with van der Waals surface area (Å²) in [5.74, 6) is 1.79. The summed E-state index contributed by atoms with van der Waals surface area (Å²) >= 11 is 0. The molecule has 0 spiro atoms. The van der Waals surface area contributed by atoms with Crippen LogP contribution in [-0.2, 0) is 16.4 Å². The molecule has 1 N–H and O–H groups in total. The van der Waals surface area contributed by atoms with Crippen LogP contribution in [0.4, 0.5) is 5.82 Å². The van der Waals surface area contributed by atoms with Crippen LogP contribution in [0.2, 0.25) is 0 Å². The highest BCUT2D eigenvalue weighted by Gasteiger charge is 2.40. The Morgan fingerprint density at radius 3 is 2.63 bits per heavy atom. The summed E-state index contributed by atoms with van der Waals surface area (Å²) in [4.78, 5) is 13.6. The molecule has 0 unspecified atom stereocenters. The molecule has 7 nitrogen and oxygen atoms in total. The second-order valence-electron chi connectivity index (χ2n) is 8.22. The Hall–Kier alpha value is -1.62. The third-order valence-electron chi connectivity index (χ3n) is 5.32. The van der Waals surface area contributed by atoms with Crippen molar-refractivity contribution in [3.05, 3.63) is 35.9 Å². The first-order valence-electron chi connectivity index (χ1n) is 9.96. The van der Waals surface area contributed by atoms with Gasteiger partial charge in [-0.2, -0.15) is 0 Å². The number of benzene rings is 1. The molecule has 30 heavy (non-hydrogen) atoms. The standard InChI is InChI=1S/C21H31N5O2S.HI/c1-6-22-20(26-11-12-29(27,28)21(2,3)15-26)23-14-16-13-19(25(4)5)24-18-10-8-7-9-17(16)18;/h7-10,13H,6,11-12,14-15H2,1-5H3,(H,22,23);1H. The molecule has 0 bridgehead atoms. The number of hydrogen-bond donors (Lipinski definition) is 1. The van der Waals surface area contributed by atoms with Crippen LogP contribution in [-0.4, -0.2) is 68.5 Å². The summed E-state index contributed by atoms with van der Waals surface area (Å²) in [6.45, 7) is 7.71. The second kappa shape index (κ2) is 9.67. The maximum atomic E-state index is 12.4. The van der Waals surface area contributed by atoms with E-state index in [4.69, 9.17) is 9.98 Å². The first-order valence-corrected chi connectivity index (χ1v) is 11.6. The highest BCUT2D eigenvalue weighted by molar-refractivity contribution is 14.0. The molecule has 1 aliphatic heterocycles. The number of nitrogens with one attached hydrogen (secondary N) is 1. The van der Waals surface area contributed by atoms with Crippen LogP contribution in [0.3, 0.4) is 0 Å². The van der Waals surface area contributed by atoms with E-state index in [1.165, 1.54) is 0 Å². The Labute approximate surface area is 196 Å². The fraction of sp³-hybridized carbons (Fsp3) is 0.524. The van der Waals surface area contributed by atoms with Crippen molar-refractivity contribution in [3.63, 3.8) is 0 Å². The zero-order valence-corrected chi connectivity index (χ0v) is 21.5. The van der Waals surface area contributed by atoms with Crippen LogP contribution in [0, 0.1) is 0 Å². The van der Waals surface area contributed by atoms with E-state index in [-0.39, 0.29) is 29.7 Å². The normalized spacial score (nSPS) is 18.0. The Bertz CT molecular complexity index is 1020. The third kappa shape index (κ3) is 5.16. The molecule has 0 saturated carbocycles. The lowest BCUT2D eigenvalue weighted by atomic mass is 10.1. The molecule has 0 atom stereocenters. The minimum Gasteiger partial charge on any atom is -0.363 e. The third-order valence-corrected chi connectivity index (χ3v) is 7.86. The molecule has 0 aliphatic carbocycles. The number of fused-ring (bicyclic) bond motifs is 1. The lowest BCUT2D eigenvalue weighted by Gasteiger charge is -2.39. The molecule has 9 heteroatoms. The van der Waals surface area contributed by atoms with Gasteiger partial charge in [-0.05, 0) is 38.5 Å². The number of halogens is 1. The predicted molar refractivity (Wildman–Crippen MR) is 136 cm³/mol. The Morgan fingerprint density at radius 1 is 1.30 bits per heavy atom. The van der Waals surface area contributed by atoms with Crippen molar-refractivity contribution in [1.82, 2.24) is 15.2 Å². The minimum absolute atomic E-state index is 0. The van der Waals surface area contributed by atoms with Crippen LogP contribution < -0.4 is 10.2 Å². The zero-order valence-electron chi connectivity index (χ0n) is 18.3. The van der Waals surface area contributed by atoms with Gasteiger partial charge in [-0.3, -0.25) is 0 Å². The molecular weight excluding hydrogens is 513 g/mol. The van der Waals surface area contributed by atoms with Crippen molar-refractivity contribution in [2.45, 2.75) is 32.1 Å². The van der Waals surface area contributed by atoms with E-state index in [0.717, 1.165) is 34.8 Å². The summed E-state index contributed by atoms with van der Waals surface area (Å²) in [5.41, 5.74) is 2.04.